The summed E-state index contributed by atoms with van der Waals surface area (Å²) in [7, 11) is -0.872. The van der Waals surface area contributed by atoms with E-state index < -0.39 is 10.0 Å². The van der Waals surface area contributed by atoms with Crippen LogP contribution in [0.15, 0.2) is 47.4 Å². The van der Waals surface area contributed by atoms with Gasteiger partial charge in [-0.3, -0.25) is 9.59 Å². The molecule has 0 spiro atoms. The molecule has 0 aliphatic carbocycles. The zero-order valence-corrected chi connectivity index (χ0v) is 17.2. The average Bonchev–Trinajstić information content (AvgIpc) is 2.63. The van der Waals surface area contributed by atoms with Crippen LogP contribution in [-0.4, -0.2) is 45.1 Å². The normalized spacial score (nSPS) is 11.3. The number of ketones is 1. The molecule has 0 fully saturated rings. The van der Waals surface area contributed by atoms with Crippen molar-refractivity contribution in [2.45, 2.75) is 25.2 Å². The maximum absolute atomic E-state index is 12.5. The van der Waals surface area contributed by atoms with E-state index in [9.17, 15) is 18.0 Å². The van der Waals surface area contributed by atoms with Crippen molar-refractivity contribution in [2.24, 2.45) is 0 Å². The summed E-state index contributed by atoms with van der Waals surface area (Å²) in [4.78, 5) is 23.6. The van der Waals surface area contributed by atoms with E-state index >= 15 is 0 Å². The lowest BCUT2D eigenvalue weighted by atomic mass is 10.1. The first-order valence-corrected chi connectivity index (χ1v) is 10.2. The van der Waals surface area contributed by atoms with Crippen molar-refractivity contribution in [3.05, 3.63) is 53.6 Å². The molecule has 0 heterocycles. The summed E-state index contributed by atoms with van der Waals surface area (Å²) in [5.41, 5.74) is 1.68. The quantitative estimate of drug-likeness (QED) is 0.683. The Bertz CT molecular complexity index is 967. The number of carbonyl (C=O) groups excluding carboxylic acids is 2. The first-order valence-electron chi connectivity index (χ1n) is 8.74. The molecule has 0 aliphatic rings. The lowest BCUT2D eigenvalue weighted by Gasteiger charge is -2.16. The molecule has 8 heteroatoms. The number of nitrogens with zero attached hydrogens (tertiary/aromatic N) is 1. The topological polar surface area (TPSA) is 92.8 Å². The van der Waals surface area contributed by atoms with Gasteiger partial charge in [0.05, 0.1) is 13.0 Å². The van der Waals surface area contributed by atoms with E-state index in [0.29, 0.717) is 17.9 Å². The third-order valence-corrected chi connectivity index (χ3v) is 5.85. The Morgan fingerprint density at radius 2 is 1.71 bits per heavy atom. The van der Waals surface area contributed by atoms with Crippen LogP contribution in [0.5, 0.6) is 5.75 Å². The molecule has 7 nitrogen and oxygen atoms in total. The van der Waals surface area contributed by atoms with Gasteiger partial charge in [0.15, 0.2) is 5.78 Å². The molecular weight excluding hydrogens is 380 g/mol. The number of hydrogen-bond acceptors (Lipinski definition) is 5. The van der Waals surface area contributed by atoms with Crippen molar-refractivity contribution in [3.8, 4) is 5.75 Å². The van der Waals surface area contributed by atoms with Crippen molar-refractivity contribution in [1.82, 2.24) is 4.31 Å². The average molecular weight is 404 g/mol. The first kappa shape index (κ1) is 21.6. The minimum atomic E-state index is -3.73. The van der Waals surface area contributed by atoms with E-state index in [2.05, 4.69) is 5.32 Å². The second-order valence-corrected chi connectivity index (χ2v) is 8.48. The third-order valence-electron chi connectivity index (χ3n) is 4.01. The number of sulfonamides is 1. The Balaban J connectivity index is 2.21. The molecule has 2 aromatic carbocycles. The van der Waals surface area contributed by atoms with Crippen molar-refractivity contribution in [3.63, 3.8) is 0 Å². The Morgan fingerprint density at radius 3 is 2.25 bits per heavy atom. The van der Waals surface area contributed by atoms with Gasteiger partial charge in [-0.2, -0.15) is 0 Å². The van der Waals surface area contributed by atoms with Crippen molar-refractivity contribution in [2.75, 3.05) is 26.0 Å². The maximum atomic E-state index is 12.5. The smallest absolute Gasteiger partial charge is 0.246 e. The fourth-order valence-electron chi connectivity index (χ4n) is 2.51. The lowest BCUT2D eigenvalue weighted by Crippen LogP contribution is -2.23. The van der Waals surface area contributed by atoms with E-state index in [4.69, 9.17) is 4.74 Å². The molecule has 0 aromatic heterocycles. The summed E-state index contributed by atoms with van der Waals surface area (Å²) in [5.74, 6) is -0.109. The van der Waals surface area contributed by atoms with Gasteiger partial charge in [-0.1, -0.05) is 24.3 Å². The van der Waals surface area contributed by atoms with Crippen LogP contribution in [0.25, 0.3) is 0 Å². The molecule has 0 saturated heterocycles. The molecule has 1 N–H and O–H groups in total. The highest BCUT2D eigenvalue weighted by Crippen LogP contribution is 2.29. The van der Waals surface area contributed by atoms with Crippen LogP contribution in [-0.2, 0) is 21.2 Å². The highest BCUT2D eigenvalue weighted by atomic mass is 32.2. The fraction of sp³-hybridized carbons (Fsp3) is 0.300. The number of anilines is 1. The van der Waals surface area contributed by atoms with Gasteiger partial charge >= 0.3 is 0 Å². The Labute approximate surface area is 165 Å². The number of ether oxygens (including phenoxy) is 1. The van der Waals surface area contributed by atoms with Gasteiger partial charge in [-0.25, -0.2) is 12.7 Å². The van der Waals surface area contributed by atoms with Gasteiger partial charge in [0, 0.05) is 25.3 Å². The molecule has 28 heavy (non-hydrogen) atoms. The number of amides is 1. The van der Waals surface area contributed by atoms with Gasteiger partial charge in [0.2, 0.25) is 15.9 Å². The zero-order chi connectivity index (χ0) is 20.9. The van der Waals surface area contributed by atoms with E-state index in [1.807, 2.05) is 0 Å². The molecule has 2 aromatic rings. The summed E-state index contributed by atoms with van der Waals surface area (Å²) in [6.45, 7) is 3.56. The predicted molar refractivity (Wildman–Crippen MR) is 107 cm³/mol. The number of hydrogen-bond donors (Lipinski definition) is 1. The fourth-order valence-corrected chi connectivity index (χ4v) is 3.56. The molecule has 0 saturated carbocycles. The number of benzene rings is 2. The standard InChI is InChI=1S/C20H24N2O5S/c1-5-27-18-11-10-17(13-19(18)28(25,26)22(3)4)21-20(24)12-15-6-8-16(9-7-15)14(2)23/h6-11,13H,5,12H2,1-4H3,(H,21,24). The van der Waals surface area contributed by atoms with Crippen LogP contribution in [0, 0.1) is 0 Å². The minimum absolute atomic E-state index is 0.0111. The second kappa shape index (κ2) is 8.99. The third kappa shape index (κ3) is 5.17. The van der Waals surface area contributed by atoms with Crippen LogP contribution in [0.2, 0.25) is 0 Å². The number of rotatable bonds is 8. The van der Waals surface area contributed by atoms with E-state index in [0.717, 1.165) is 9.87 Å². The molecule has 150 valence electrons. The second-order valence-electron chi connectivity index (χ2n) is 6.36. The molecule has 0 atom stereocenters. The Morgan fingerprint density at radius 1 is 1.07 bits per heavy atom. The SMILES string of the molecule is CCOc1ccc(NC(=O)Cc2ccc(C(C)=O)cc2)cc1S(=O)(=O)N(C)C. The summed E-state index contributed by atoms with van der Waals surface area (Å²) < 4.78 is 31.6. The predicted octanol–water partition coefficient (Wildman–Crippen LogP) is 2.72. The largest absolute Gasteiger partial charge is 0.492 e. The van der Waals surface area contributed by atoms with Crippen LogP contribution in [0.1, 0.15) is 29.8 Å². The molecule has 2 rings (SSSR count). The molecule has 0 aliphatic heterocycles. The van der Waals surface area contributed by atoms with Crippen molar-refractivity contribution >= 4 is 27.4 Å². The maximum Gasteiger partial charge on any atom is 0.246 e. The number of Topliss-reactive ketones (excluding diaryl/α,β-unsaturated/α-hetero) is 1. The molecule has 0 unspecified atom stereocenters. The summed E-state index contributed by atoms with van der Waals surface area (Å²) in [6.07, 6.45) is 0.0984. The van der Waals surface area contributed by atoms with Gasteiger partial charge in [0.25, 0.3) is 0 Å². The van der Waals surface area contributed by atoms with Gasteiger partial charge in [0.1, 0.15) is 10.6 Å². The van der Waals surface area contributed by atoms with E-state index in [1.54, 1.807) is 37.3 Å². The van der Waals surface area contributed by atoms with Crippen molar-refractivity contribution in [1.29, 1.82) is 0 Å². The highest BCUT2D eigenvalue weighted by Gasteiger charge is 2.23. The van der Waals surface area contributed by atoms with Gasteiger partial charge in [-0.05, 0) is 37.6 Å². The number of carbonyl (C=O) groups is 2. The summed E-state index contributed by atoms with van der Waals surface area (Å²) in [5, 5.41) is 2.70. The van der Waals surface area contributed by atoms with Crippen molar-refractivity contribution < 1.29 is 22.7 Å². The highest BCUT2D eigenvalue weighted by molar-refractivity contribution is 7.89. The molecule has 1 amide bonds. The van der Waals surface area contributed by atoms with Crippen LogP contribution >= 0.6 is 0 Å². The van der Waals surface area contributed by atoms with Crippen LogP contribution in [0.4, 0.5) is 5.69 Å². The Hall–Kier alpha value is -2.71. The zero-order valence-electron chi connectivity index (χ0n) is 16.4. The van der Waals surface area contributed by atoms with Gasteiger partial charge < -0.3 is 10.1 Å². The summed E-state index contributed by atoms with van der Waals surface area (Å²) >= 11 is 0. The minimum Gasteiger partial charge on any atom is -0.492 e. The van der Waals surface area contributed by atoms with E-state index in [1.165, 1.54) is 33.2 Å². The monoisotopic (exact) mass is 404 g/mol. The first-order chi connectivity index (χ1) is 13.1. The number of nitrogens with one attached hydrogen (secondary N) is 1. The van der Waals surface area contributed by atoms with Crippen LogP contribution in [0.3, 0.4) is 0 Å². The molecule has 0 bridgehead atoms. The summed E-state index contributed by atoms with van der Waals surface area (Å²) in [6, 6.07) is 11.3. The van der Waals surface area contributed by atoms with Crippen LogP contribution < -0.4 is 10.1 Å². The lowest BCUT2D eigenvalue weighted by molar-refractivity contribution is -0.115. The molecule has 0 radical (unpaired) electrons. The van der Waals surface area contributed by atoms with E-state index in [-0.39, 0.29) is 28.8 Å². The molecular formula is C20H24N2O5S. The Kier molecular flexibility index (Phi) is 6.93. The van der Waals surface area contributed by atoms with Gasteiger partial charge in [-0.15, -0.1) is 0 Å².